The lowest BCUT2D eigenvalue weighted by molar-refractivity contribution is -0.139. The fourth-order valence-corrected chi connectivity index (χ4v) is 4.41. The number of carbonyl (C=O) groups excluding carboxylic acids is 2. The van der Waals surface area contributed by atoms with Crippen molar-refractivity contribution in [3.63, 3.8) is 0 Å². The Labute approximate surface area is 212 Å². The Balaban J connectivity index is 1.61. The van der Waals surface area contributed by atoms with Gasteiger partial charge in [0.05, 0.1) is 5.02 Å². The van der Waals surface area contributed by atoms with Crippen molar-refractivity contribution in [1.82, 2.24) is 9.88 Å². The number of furan rings is 1. The Morgan fingerprint density at radius 2 is 1.89 bits per heavy atom. The third-order valence-corrected chi connectivity index (χ3v) is 6.47. The predicted molar refractivity (Wildman–Crippen MR) is 135 cm³/mol. The molecule has 0 unspecified atom stereocenters. The number of halogens is 1. The molecular weight excluding hydrogens is 488 g/mol. The van der Waals surface area contributed by atoms with E-state index in [0.717, 1.165) is 25.7 Å². The number of fused-ring (bicyclic) bond motifs is 1. The van der Waals surface area contributed by atoms with Crippen molar-refractivity contribution >= 4 is 51.9 Å². The van der Waals surface area contributed by atoms with Crippen molar-refractivity contribution in [2.45, 2.75) is 31.7 Å². The molecule has 0 spiro atoms. The molecular formula is C25H27ClN4O6. The maximum absolute atomic E-state index is 13.2. The fraction of sp³-hybridized carbons (Fsp3) is 0.360. The number of anilines is 2. The minimum Gasteiger partial charge on any atom is -0.482 e. The smallest absolute Gasteiger partial charge is 0.341 e. The van der Waals surface area contributed by atoms with Crippen molar-refractivity contribution in [2.24, 2.45) is 5.92 Å². The van der Waals surface area contributed by atoms with Crippen LogP contribution in [0.3, 0.4) is 0 Å². The first-order valence-corrected chi connectivity index (χ1v) is 11.9. The number of nitrogens with one attached hydrogen (secondary N) is 2. The largest absolute Gasteiger partial charge is 0.482 e. The first kappa shape index (κ1) is 25.5. The van der Waals surface area contributed by atoms with Crippen LogP contribution in [-0.4, -0.2) is 59.5 Å². The van der Waals surface area contributed by atoms with Gasteiger partial charge in [-0.15, -0.1) is 0 Å². The highest BCUT2D eigenvalue weighted by Gasteiger charge is 2.30. The molecule has 11 heteroatoms. The third-order valence-electron chi connectivity index (χ3n) is 6.25. The van der Waals surface area contributed by atoms with Crippen molar-refractivity contribution < 1.29 is 28.6 Å². The van der Waals surface area contributed by atoms with Gasteiger partial charge in [0.15, 0.2) is 6.61 Å². The van der Waals surface area contributed by atoms with E-state index in [2.05, 4.69) is 20.5 Å². The second-order valence-electron chi connectivity index (χ2n) is 8.92. The molecule has 2 heterocycles. The van der Waals surface area contributed by atoms with Crippen LogP contribution in [0.1, 0.15) is 36.2 Å². The zero-order valence-electron chi connectivity index (χ0n) is 19.9. The Morgan fingerprint density at radius 3 is 2.53 bits per heavy atom. The quantitative estimate of drug-likeness (QED) is 0.406. The number of aromatic nitrogens is 1. The highest BCUT2D eigenvalue weighted by atomic mass is 35.5. The lowest BCUT2D eigenvalue weighted by Gasteiger charge is -2.31. The molecule has 4 rings (SSSR count). The van der Waals surface area contributed by atoms with Gasteiger partial charge in [0.1, 0.15) is 22.8 Å². The molecule has 0 atom stereocenters. The summed E-state index contributed by atoms with van der Waals surface area (Å²) in [6, 6.07) is 8.23. The molecule has 3 N–H and O–H groups in total. The van der Waals surface area contributed by atoms with E-state index in [0.29, 0.717) is 16.5 Å². The maximum Gasteiger partial charge on any atom is 0.341 e. The summed E-state index contributed by atoms with van der Waals surface area (Å²) in [6.07, 6.45) is 4.71. The predicted octanol–water partition coefficient (Wildman–Crippen LogP) is 4.26. The summed E-state index contributed by atoms with van der Waals surface area (Å²) >= 11 is 5.87. The normalized spacial score (nSPS) is 17.7. The van der Waals surface area contributed by atoms with Gasteiger partial charge in [-0.1, -0.05) is 11.6 Å². The van der Waals surface area contributed by atoms with E-state index in [1.54, 1.807) is 24.3 Å². The number of ether oxygens (including phenoxy) is 1. The maximum atomic E-state index is 13.2. The number of hydrogen-bond donors (Lipinski definition) is 3. The standard InChI is InChI=1S/C25H27ClN4O6/c1-30(2)16-6-3-14(4-7-16)24(33)29-22-18-9-8-17(35-13-21(31)32)11-19(18)36-23(22)25(34)28-20-10-5-15(26)12-27-20/h5,8-12,14,16H,3-4,6-7,13H2,1-2H3,(H,29,33)(H,31,32)(H,27,28,34)/t14-,16-. The zero-order valence-corrected chi connectivity index (χ0v) is 20.7. The summed E-state index contributed by atoms with van der Waals surface area (Å²) in [6.45, 7) is -0.527. The number of carbonyl (C=O) groups is 3. The number of nitrogens with zero attached hydrogens (tertiary/aromatic N) is 2. The molecule has 36 heavy (non-hydrogen) atoms. The van der Waals surface area contributed by atoms with Crippen LogP contribution in [0.4, 0.5) is 11.5 Å². The number of rotatable bonds is 8. The number of hydrogen-bond acceptors (Lipinski definition) is 7. The SMILES string of the molecule is CN(C)[C@H]1CC[C@H](C(=O)Nc2c(C(=O)Nc3ccc(Cl)cn3)oc3cc(OCC(=O)O)ccc23)CC1. The Kier molecular flexibility index (Phi) is 7.76. The summed E-state index contributed by atoms with van der Waals surface area (Å²) in [5, 5.41) is 15.3. The first-order valence-electron chi connectivity index (χ1n) is 11.5. The van der Waals surface area contributed by atoms with Crippen LogP contribution in [-0.2, 0) is 9.59 Å². The molecule has 1 aliphatic carbocycles. The Bertz CT molecular complexity index is 1270. The summed E-state index contributed by atoms with van der Waals surface area (Å²) < 4.78 is 11.1. The second-order valence-corrected chi connectivity index (χ2v) is 9.36. The van der Waals surface area contributed by atoms with E-state index in [9.17, 15) is 14.4 Å². The molecule has 3 aromatic rings. The van der Waals surface area contributed by atoms with Crippen molar-refractivity contribution in [3.8, 4) is 5.75 Å². The monoisotopic (exact) mass is 514 g/mol. The molecule has 0 aliphatic heterocycles. The lowest BCUT2D eigenvalue weighted by atomic mass is 9.85. The van der Waals surface area contributed by atoms with Gasteiger partial charge >= 0.3 is 5.97 Å². The van der Waals surface area contributed by atoms with E-state index in [-0.39, 0.29) is 40.4 Å². The van der Waals surface area contributed by atoms with Crippen LogP contribution in [0.5, 0.6) is 5.75 Å². The highest BCUT2D eigenvalue weighted by molar-refractivity contribution is 6.30. The van der Waals surface area contributed by atoms with Gasteiger partial charge in [0, 0.05) is 29.6 Å². The molecule has 0 saturated heterocycles. The molecule has 2 amide bonds. The van der Waals surface area contributed by atoms with E-state index in [1.807, 2.05) is 14.1 Å². The molecule has 10 nitrogen and oxygen atoms in total. The number of amides is 2. The number of carboxylic acids is 1. The number of pyridine rings is 1. The summed E-state index contributed by atoms with van der Waals surface area (Å²) in [4.78, 5) is 43.4. The molecule has 1 fully saturated rings. The molecule has 2 aromatic heterocycles. The van der Waals surface area contributed by atoms with Gasteiger partial charge < -0.3 is 29.8 Å². The molecule has 0 radical (unpaired) electrons. The topological polar surface area (TPSA) is 134 Å². The van der Waals surface area contributed by atoms with E-state index in [4.69, 9.17) is 25.9 Å². The van der Waals surface area contributed by atoms with Crippen LogP contribution >= 0.6 is 11.6 Å². The van der Waals surface area contributed by atoms with E-state index >= 15 is 0 Å². The van der Waals surface area contributed by atoms with E-state index < -0.39 is 18.5 Å². The van der Waals surface area contributed by atoms with Crippen molar-refractivity contribution in [2.75, 3.05) is 31.3 Å². The molecule has 1 aromatic carbocycles. The van der Waals surface area contributed by atoms with Crippen LogP contribution in [0, 0.1) is 5.92 Å². The van der Waals surface area contributed by atoms with Crippen molar-refractivity contribution in [3.05, 3.63) is 47.3 Å². The van der Waals surface area contributed by atoms with Crippen LogP contribution in [0.25, 0.3) is 11.0 Å². The van der Waals surface area contributed by atoms with Gasteiger partial charge in [-0.25, -0.2) is 9.78 Å². The average molecular weight is 515 g/mol. The van der Waals surface area contributed by atoms with Gasteiger partial charge in [-0.05, 0) is 64.0 Å². The van der Waals surface area contributed by atoms with Gasteiger partial charge in [0.2, 0.25) is 11.7 Å². The van der Waals surface area contributed by atoms with Crippen LogP contribution in [0.2, 0.25) is 5.02 Å². The van der Waals surface area contributed by atoms with Gasteiger partial charge in [-0.3, -0.25) is 9.59 Å². The van der Waals surface area contributed by atoms with Gasteiger partial charge in [0.25, 0.3) is 5.91 Å². The molecule has 1 aliphatic rings. The zero-order chi connectivity index (χ0) is 25.8. The Morgan fingerprint density at radius 1 is 1.14 bits per heavy atom. The average Bonchev–Trinajstić information content (AvgIpc) is 3.21. The lowest BCUT2D eigenvalue weighted by Crippen LogP contribution is -2.35. The fourth-order valence-electron chi connectivity index (χ4n) is 4.30. The molecule has 190 valence electrons. The van der Waals surface area contributed by atoms with Gasteiger partial charge in [-0.2, -0.15) is 0 Å². The second kappa shape index (κ2) is 11.0. The Hall–Kier alpha value is -3.63. The minimum atomic E-state index is -1.12. The summed E-state index contributed by atoms with van der Waals surface area (Å²) in [5.74, 6) is -1.69. The molecule has 1 saturated carbocycles. The third kappa shape index (κ3) is 5.95. The number of benzene rings is 1. The number of carboxylic acid groups (broad SMARTS) is 1. The summed E-state index contributed by atoms with van der Waals surface area (Å²) in [7, 11) is 4.08. The van der Waals surface area contributed by atoms with E-state index in [1.165, 1.54) is 12.3 Å². The summed E-state index contributed by atoms with van der Waals surface area (Å²) in [5.41, 5.74) is 0.500. The highest BCUT2D eigenvalue weighted by Crippen LogP contribution is 2.35. The molecule has 0 bridgehead atoms. The van der Waals surface area contributed by atoms with Crippen molar-refractivity contribution in [1.29, 1.82) is 0 Å². The van der Waals surface area contributed by atoms with Crippen LogP contribution in [0.15, 0.2) is 40.9 Å². The number of aliphatic carboxylic acids is 1. The van der Waals surface area contributed by atoms with Crippen LogP contribution < -0.4 is 15.4 Å². The minimum absolute atomic E-state index is 0.104. The first-order chi connectivity index (χ1) is 17.2.